The Labute approximate surface area is 114 Å². The molecule has 19 heavy (non-hydrogen) atoms. The lowest BCUT2D eigenvalue weighted by molar-refractivity contribution is 0.475. The minimum Gasteiger partial charge on any atom is -0.508 e. The minimum atomic E-state index is 0.185. The van der Waals surface area contributed by atoms with Crippen molar-refractivity contribution in [3.05, 3.63) is 53.6 Å². The number of hydrogen-bond acceptors (Lipinski definition) is 3. The Kier molecular flexibility index (Phi) is 5.61. The summed E-state index contributed by atoms with van der Waals surface area (Å²) in [5.41, 5.74) is 9.14. The molecule has 3 N–H and O–H groups in total. The highest BCUT2D eigenvalue weighted by Gasteiger charge is 1.97. The number of aryl methyl sites for hydroxylation is 1. The molecule has 0 radical (unpaired) electrons. The van der Waals surface area contributed by atoms with E-state index in [2.05, 4.69) is 4.99 Å². The molecular weight excluding hydrogens is 236 g/mol. The lowest BCUT2D eigenvalue weighted by Gasteiger charge is -2.00. The van der Waals surface area contributed by atoms with Crippen LogP contribution in [-0.2, 0) is 0 Å². The molecule has 0 saturated heterocycles. The van der Waals surface area contributed by atoms with E-state index in [1.807, 2.05) is 45.0 Å². The lowest BCUT2D eigenvalue weighted by Crippen LogP contribution is -1.91. The molecule has 0 heterocycles. The Hall–Kier alpha value is -2.29. The standard InChI is InChI=1S/C14H14N2O.C2H6/c1-10-2-4-12(5-3-10)16-9-11-8-13(17)6-7-14(11)15;1-2/h2-9,17H,15H2,1H3;1-2H3. The van der Waals surface area contributed by atoms with Crippen LogP contribution in [0.5, 0.6) is 5.75 Å². The third kappa shape index (κ3) is 4.47. The maximum absolute atomic E-state index is 9.35. The van der Waals surface area contributed by atoms with Gasteiger partial charge < -0.3 is 10.8 Å². The molecule has 0 fully saturated rings. The highest BCUT2D eigenvalue weighted by atomic mass is 16.3. The van der Waals surface area contributed by atoms with Crippen LogP contribution in [-0.4, -0.2) is 11.3 Å². The van der Waals surface area contributed by atoms with Gasteiger partial charge in [-0.05, 0) is 37.3 Å². The zero-order valence-electron chi connectivity index (χ0n) is 11.6. The average molecular weight is 256 g/mol. The van der Waals surface area contributed by atoms with E-state index < -0.39 is 0 Å². The summed E-state index contributed by atoms with van der Waals surface area (Å²) >= 11 is 0. The molecule has 0 atom stereocenters. The SMILES string of the molecule is CC.Cc1ccc(N=Cc2cc(O)ccc2N)cc1. The van der Waals surface area contributed by atoms with Crippen LogP contribution in [0.3, 0.4) is 0 Å². The average Bonchev–Trinajstić information content (AvgIpc) is 2.44. The second kappa shape index (κ2) is 7.21. The Balaban J connectivity index is 0.000000861. The summed E-state index contributed by atoms with van der Waals surface area (Å²) in [6.07, 6.45) is 1.65. The van der Waals surface area contributed by atoms with Crippen LogP contribution >= 0.6 is 0 Å². The summed E-state index contributed by atoms with van der Waals surface area (Å²) in [6.45, 7) is 6.03. The Morgan fingerprint density at radius 1 is 1.05 bits per heavy atom. The van der Waals surface area contributed by atoms with Crippen LogP contribution in [0.1, 0.15) is 25.0 Å². The molecule has 0 unspecified atom stereocenters. The van der Waals surface area contributed by atoms with Gasteiger partial charge in [0.15, 0.2) is 0 Å². The number of phenolic OH excluding ortho intramolecular Hbond substituents is 1. The van der Waals surface area contributed by atoms with E-state index in [9.17, 15) is 5.11 Å². The summed E-state index contributed by atoms with van der Waals surface area (Å²) in [5.74, 6) is 0.185. The number of hydrogen-bond donors (Lipinski definition) is 2. The lowest BCUT2D eigenvalue weighted by atomic mass is 10.2. The fourth-order valence-corrected chi connectivity index (χ4v) is 1.45. The summed E-state index contributed by atoms with van der Waals surface area (Å²) in [5, 5.41) is 9.35. The van der Waals surface area contributed by atoms with Crippen molar-refractivity contribution < 1.29 is 5.11 Å². The largest absolute Gasteiger partial charge is 0.508 e. The Bertz CT molecular complexity index is 545. The molecule has 2 aromatic carbocycles. The van der Waals surface area contributed by atoms with Crippen LogP contribution in [0.4, 0.5) is 11.4 Å². The molecule has 2 rings (SSSR count). The molecule has 3 heteroatoms. The van der Waals surface area contributed by atoms with E-state index in [0.717, 1.165) is 5.69 Å². The second-order valence-electron chi connectivity index (χ2n) is 3.91. The van der Waals surface area contributed by atoms with Gasteiger partial charge >= 0.3 is 0 Å². The van der Waals surface area contributed by atoms with Crippen molar-refractivity contribution in [3.8, 4) is 5.75 Å². The molecule has 0 bridgehead atoms. The van der Waals surface area contributed by atoms with Crippen LogP contribution in [0, 0.1) is 6.92 Å². The zero-order valence-corrected chi connectivity index (χ0v) is 11.6. The number of nitrogens with zero attached hydrogens (tertiary/aromatic N) is 1. The molecule has 0 spiro atoms. The maximum Gasteiger partial charge on any atom is 0.116 e. The fourth-order valence-electron chi connectivity index (χ4n) is 1.45. The van der Waals surface area contributed by atoms with Gasteiger partial charge in [-0.15, -0.1) is 0 Å². The number of aliphatic imine (C=N–C) groups is 1. The van der Waals surface area contributed by atoms with E-state index in [4.69, 9.17) is 5.73 Å². The first-order chi connectivity index (χ1) is 9.15. The van der Waals surface area contributed by atoms with E-state index in [1.165, 1.54) is 5.56 Å². The first-order valence-electron chi connectivity index (χ1n) is 6.34. The van der Waals surface area contributed by atoms with Crippen molar-refractivity contribution in [2.24, 2.45) is 4.99 Å². The summed E-state index contributed by atoms with van der Waals surface area (Å²) in [7, 11) is 0. The van der Waals surface area contributed by atoms with Crippen LogP contribution in [0.15, 0.2) is 47.5 Å². The van der Waals surface area contributed by atoms with E-state index in [1.54, 1.807) is 24.4 Å². The number of rotatable bonds is 2. The number of nitrogen functional groups attached to an aromatic ring is 1. The van der Waals surface area contributed by atoms with Gasteiger partial charge in [-0.25, -0.2) is 0 Å². The summed E-state index contributed by atoms with van der Waals surface area (Å²) in [6, 6.07) is 12.7. The topological polar surface area (TPSA) is 58.6 Å². The van der Waals surface area contributed by atoms with Gasteiger partial charge in [-0.2, -0.15) is 0 Å². The van der Waals surface area contributed by atoms with Gasteiger partial charge in [-0.3, -0.25) is 4.99 Å². The third-order valence-electron chi connectivity index (χ3n) is 2.46. The van der Waals surface area contributed by atoms with Gasteiger partial charge in [-0.1, -0.05) is 31.5 Å². The molecule has 0 aliphatic carbocycles. The van der Waals surface area contributed by atoms with E-state index in [-0.39, 0.29) is 5.75 Å². The van der Waals surface area contributed by atoms with Crippen molar-refractivity contribution in [1.29, 1.82) is 0 Å². The van der Waals surface area contributed by atoms with Crippen LogP contribution < -0.4 is 5.73 Å². The number of anilines is 1. The molecule has 2 aromatic rings. The summed E-state index contributed by atoms with van der Waals surface area (Å²) in [4.78, 5) is 4.30. The normalized spacial score (nSPS) is 10.1. The number of nitrogens with two attached hydrogens (primary N) is 1. The Morgan fingerprint density at radius 3 is 2.32 bits per heavy atom. The molecule has 0 amide bonds. The monoisotopic (exact) mass is 256 g/mol. The smallest absolute Gasteiger partial charge is 0.116 e. The van der Waals surface area contributed by atoms with Gasteiger partial charge in [0.25, 0.3) is 0 Å². The van der Waals surface area contributed by atoms with Crippen molar-refractivity contribution in [2.45, 2.75) is 20.8 Å². The quantitative estimate of drug-likeness (QED) is 0.483. The zero-order chi connectivity index (χ0) is 14.3. The van der Waals surface area contributed by atoms with Crippen molar-refractivity contribution in [3.63, 3.8) is 0 Å². The summed E-state index contributed by atoms with van der Waals surface area (Å²) < 4.78 is 0. The molecule has 3 nitrogen and oxygen atoms in total. The highest BCUT2D eigenvalue weighted by molar-refractivity contribution is 5.89. The maximum atomic E-state index is 9.35. The molecule has 0 aliphatic heterocycles. The molecular formula is C16H20N2O. The van der Waals surface area contributed by atoms with Crippen molar-refractivity contribution in [2.75, 3.05) is 5.73 Å². The van der Waals surface area contributed by atoms with Crippen LogP contribution in [0.2, 0.25) is 0 Å². The Morgan fingerprint density at radius 2 is 1.68 bits per heavy atom. The fraction of sp³-hybridized carbons (Fsp3) is 0.188. The molecule has 0 saturated carbocycles. The first kappa shape index (κ1) is 14.8. The van der Waals surface area contributed by atoms with Gasteiger partial charge in [0.05, 0.1) is 5.69 Å². The van der Waals surface area contributed by atoms with Crippen LogP contribution in [0.25, 0.3) is 0 Å². The van der Waals surface area contributed by atoms with E-state index in [0.29, 0.717) is 11.3 Å². The van der Waals surface area contributed by atoms with Crippen molar-refractivity contribution in [1.82, 2.24) is 0 Å². The van der Waals surface area contributed by atoms with E-state index >= 15 is 0 Å². The third-order valence-corrected chi connectivity index (χ3v) is 2.46. The minimum absolute atomic E-state index is 0.185. The number of benzene rings is 2. The van der Waals surface area contributed by atoms with Gasteiger partial charge in [0, 0.05) is 17.5 Å². The first-order valence-corrected chi connectivity index (χ1v) is 6.34. The highest BCUT2D eigenvalue weighted by Crippen LogP contribution is 2.18. The predicted octanol–water partition coefficient (Wildman–Crippen LogP) is 4.06. The molecule has 0 aliphatic rings. The molecule has 0 aromatic heterocycles. The second-order valence-corrected chi connectivity index (χ2v) is 3.91. The number of phenols is 1. The predicted molar refractivity (Wildman–Crippen MR) is 82.3 cm³/mol. The number of aromatic hydroxyl groups is 1. The molecule has 100 valence electrons. The van der Waals surface area contributed by atoms with Gasteiger partial charge in [0.1, 0.15) is 5.75 Å². The van der Waals surface area contributed by atoms with Gasteiger partial charge in [0.2, 0.25) is 0 Å². The van der Waals surface area contributed by atoms with Crippen molar-refractivity contribution >= 4 is 17.6 Å².